The van der Waals surface area contributed by atoms with Crippen LogP contribution in [0.25, 0.3) is 6.08 Å². The van der Waals surface area contributed by atoms with Gasteiger partial charge in [0, 0.05) is 45.0 Å². The van der Waals surface area contributed by atoms with E-state index in [1.54, 1.807) is 0 Å². The van der Waals surface area contributed by atoms with Gasteiger partial charge in [0.2, 0.25) is 5.95 Å². The minimum atomic E-state index is -0.547. The minimum absolute atomic E-state index is 0.214. The second-order valence-corrected chi connectivity index (χ2v) is 8.20. The molecule has 2 aromatic rings. The number of benzene rings is 1. The van der Waals surface area contributed by atoms with E-state index in [1.165, 1.54) is 25.2 Å². The number of aromatic nitrogens is 2. The van der Waals surface area contributed by atoms with Crippen LogP contribution in [0.15, 0.2) is 48.8 Å². The average molecular weight is 421 g/mol. The van der Waals surface area contributed by atoms with E-state index in [2.05, 4.69) is 19.8 Å². The molecule has 1 aromatic heterocycles. The number of carbonyl (C=O) groups excluding carboxylic acids is 2. The lowest BCUT2D eigenvalue weighted by Crippen LogP contribution is -2.52. The van der Waals surface area contributed by atoms with E-state index in [-0.39, 0.29) is 6.04 Å². The molecule has 2 heterocycles. The number of nitrogens with zero attached hydrogens (tertiary/aromatic N) is 4. The molecule has 1 N–H and O–H groups in total. The van der Waals surface area contributed by atoms with Gasteiger partial charge < -0.3 is 10.0 Å². The number of anilines is 1. The topological polar surface area (TPSA) is 86.6 Å². The van der Waals surface area contributed by atoms with Gasteiger partial charge in [0.1, 0.15) is 6.61 Å². The van der Waals surface area contributed by atoms with Crippen LogP contribution in [0.3, 0.4) is 0 Å². The summed E-state index contributed by atoms with van der Waals surface area (Å²) in [5.41, 5.74) is 1.40. The van der Waals surface area contributed by atoms with Crippen molar-refractivity contribution in [1.29, 1.82) is 0 Å². The number of aliphatic hydroxyl groups is 1. The molecule has 0 spiro atoms. The number of Topliss-reactive ketones (excluding diaryl/α,β-unsaturated/α-hetero) is 2. The summed E-state index contributed by atoms with van der Waals surface area (Å²) in [6.45, 7) is 2.34. The Bertz CT molecular complexity index is 918. The average Bonchev–Trinajstić information content (AvgIpc) is 3.64. The number of piperazine rings is 1. The van der Waals surface area contributed by atoms with Gasteiger partial charge in [-0.2, -0.15) is 0 Å². The van der Waals surface area contributed by atoms with Gasteiger partial charge in [-0.3, -0.25) is 14.5 Å². The molecule has 1 unspecified atom stereocenters. The third-order valence-electron chi connectivity index (χ3n) is 5.88. The molecular weight excluding hydrogens is 392 g/mol. The van der Waals surface area contributed by atoms with Crippen LogP contribution in [-0.4, -0.2) is 70.4 Å². The molecule has 0 radical (unpaired) electrons. The van der Waals surface area contributed by atoms with Gasteiger partial charge in [-0.15, -0.1) is 0 Å². The third kappa shape index (κ3) is 5.62. The maximum atomic E-state index is 13.0. The fourth-order valence-electron chi connectivity index (χ4n) is 3.85. The van der Waals surface area contributed by atoms with Gasteiger partial charge in [-0.25, -0.2) is 9.97 Å². The van der Waals surface area contributed by atoms with E-state index in [0.29, 0.717) is 42.7 Å². The van der Waals surface area contributed by atoms with Crippen LogP contribution >= 0.6 is 0 Å². The summed E-state index contributed by atoms with van der Waals surface area (Å²) in [4.78, 5) is 37.4. The largest absolute Gasteiger partial charge is 0.388 e. The summed E-state index contributed by atoms with van der Waals surface area (Å²) in [6, 6.07) is 9.85. The van der Waals surface area contributed by atoms with Gasteiger partial charge in [0.05, 0.1) is 11.6 Å². The summed E-state index contributed by atoms with van der Waals surface area (Å²) in [7, 11) is 0. The molecule has 7 heteroatoms. The van der Waals surface area contributed by atoms with Crippen molar-refractivity contribution in [2.45, 2.75) is 25.3 Å². The molecule has 1 saturated heterocycles. The highest BCUT2D eigenvalue weighted by Gasteiger charge is 2.32. The smallest absolute Gasteiger partial charge is 0.225 e. The van der Waals surface area contributed by atoms with Crippen molar-refractivity contribution in [3.8, 4) is 0 Å². The van der Waals surface area contributed by atoms with E-state index in [9.17, 15) is 9.59 Å². The second kappa shape index (κ2) is 9.94. The van der Waals surface area contributed by atoms with Gasteiger partial charge in [0.25, 0.3) is 0 Å². The zero-order valence-electron chi connectivity index (χ0n) is 17.6. The molecule has 31 heavy (non-hydrogen) atoms. The first kappa shape index (κ1) is 21.3. The van der Waals surface area contributed by atoms with Crippen LogP contribution in [0.2, 0.25) is 0 Å². The van der Waals surface area contributed by atoms with Crippen molar-refractivity contribution < 1.29 is 14.7 Å². The Balaban J connectivity index is 1.41. The van der Waals surface area contributed by atoms with Crippen LogP contribution in [0.1, 0.15) is 35.2 Å². The van der Waals surface area contributed by atoms with Gasteiger partial charge in [-0.05, 0) is 24.3 Å². The summed E-state index contributed by atoms with van der Waals surface area (Å²) < 4.78 is 0. The quantitative estimate of drug-likeness (QED) is 0.623. The Labute approximate surface area is 182 Å². The normalized spacial score (nSPS) is 18.3. The van der Waals surface area contributed by atoms with Crippen molar-refractivity contribution in [1.82, 2.24) is 14.9 Å². The Kier molecular flexibility index (Phi) is 6.84. The van der Waals surface area contributed by atoms with E-state index >= 15 is 0 Å². The lowest BCUT2D eigenvalue weighted by atomic mass is 10.0. The lowest BCUT2D eigenvalue weighted by Gasteiger charge is -2.37. The van der Waals surface area contributed by atoms with Gasteiger partial charge >= 0.3 is 0 Å². The summed E-state index contributed by atoms with van der Waals surface area (Å²) in [5, 5.41) is 8.95. The molecule has 1 aliphatic carbocycles. The molecule has 0 amide bonds. The van der Waals surface area contributed by atoms with Crippen LogP contribution in [0.4, 0.5) is 5.95 Å². The van der Waals surface area contributed by atoms with E-state index in [4.69, 9.17) is 5.11 Å². The van der Waals surface area contributed by atoms with Crippen molar-refractivity contribution in [3.05, 3.63) is 59.9 Å². The Morgan fingerprint density at radius 3 is 2.35 bits per heavy atom. The molecule has 2 aliphatic rings. The molecule has 162 valence electrons. The maximum Gasteiger partial charge on any atom is 0.225 e. The van der Waals surface area contributed by atoms with Crippen LogP contribution < -0.4 is 4.90 Å². The Hall–Kier alpha value is -2.90. The first-order valence-corrected chi connectivity index (χ1v) is 10.8. The van der Waals surface area contributed by atoms with E-state index < -0.39 is 12.4 Å². The summed E-state index contributed by atoms with van der Waals surface area (Å²) >= 11 is 0. The number of aliphatic hydroxyl groups excluding tert-OH is 1. The predicted octanol–water partition coefficient (Wildman–Crippen LogP) is 2.22. The van der Waals surface area contributed by atoms with Crippen LogP contribution in [0.5, 0.6) is 0 Å². The van der Waals surface area contributed by atoms with Crippen molar-refractivity contribution >= 4 is 23.6 Å². The fraction of sp³-hybridized carbons (Fsp3) is 0.417. The number of ketones is 2. The highest BCUT2D eigenvalue weighted by Crippen LogP contribution is 2.33. The van der Waals surface area contributed by atoms with Crippen LogP contribution in [0, 0.1) is 5.92 Å². The highest BCUT2D eigenvalue weighted by molar-refractivity contribution is 5.96. The SMILES string of the molecule is O=C(CO)c1cnc(N2CCN(C(/C=C/c3ccccc3)C(=O)CC3CC3)CC2)nc1. The predicted molar refractivity (Wildman–Crippen MR) is 119 cm³/mol. The molecule has 0 bridgehead atoms. The molecule has 1 aliphatic heterocycles. The van der Waals surface area contributed by atoms with Crippen molar-refractivity contribution in [3.63, 3.8) is 0 Å². The molecule has 1 aromatic carbocycles. The van der Waals surface area contributed by atoms with Gasteiger partial charge in [-0.1, -0.05) is 42.5 Å². The molecular formula is C24H28N4O3. The third-order valence-corrected chi connectivity index (χ3v) is 5.88. The number of hydrogen-bond donors (Lipinski definition) is 1. The molecule has 1 saturated carbocycles. The molecule has 7 nitrogen and oxygen atoms in total. The molecule has 2 fully saturated rings. The molecule has 4 rings (SSSR count). The summed E-state index contributed by atoms with van der Waals surface area (Å²) in [6.07, 6.45) is 9.99. The Morgan fingerprint density at radius 2 is 1.74 bits per heavy atom. The zero-order valence-corrected chi connectivity index (χ0v) is 17.6. The van der Waals surface area contributed by atoms with E-state index in [1.807, 2.05) is 42.5 Å². The first-order chi connectivity index (χ1) is 15.1. The van der Waals surface area contributed by atoms with Crippen molar-refractivity contribution in [2.24, 2.45) is 5.92 Å². The van der Waals surface area contributed by atoms with Gasteiger partial charge in [0.15, 0.2) is 11.6 Å². The lowest BCUT2D eigenvalue weighted by molar-refractivity contribution is -0.123. The number of hydrogen-bond acceptors (Lipinski definition) is 7. The van der Waals surface area contributed by atoms with Crippen LogP contribution in [-0.2, 0) is 4.79 Å². The maximum absolute atomic E-state index is 13.0. The van der Waals surface area contributed by atoms with Crippen molar-refractivity contribution in [2.75, 3.05) is 37.7 Å². The molecule has 1 atom stereocenters. The second-order valence-electron chi connectivity index (χ2n) is 8.20. The fourth-order valence-corrected chi connectivity index (χ4v) is 3.85. The monoisotopic (exact) mass is 420 g/mol. The first-order valence-electron chi connectivity index (χ1n) is 10.8. The number of rotatable bonds is 9. The Morgan fingerprint density at radius 1 is 1.06 bits per heavy atom. The minimum Gasteiger partial charge on any atom is -0.388 e. The zero-order chi connectivity index (χ0) is 21.6. The van der Waals surface area contributed by atoms with E-state index in [0.717, 1.165) is 18.7 Å². The summed E-state index contributed by atoms with van der Waals surface area (Å²) in [5.74, 6) is 1.04. The standard InChI is InChI=1S/C24H28N4O3/c29-17-23(31)20-15-25-24(26-16-20)28-12-10-27(11-13-28)21(22(30)14-19-6-7-19)9-8-18-4-2-1-3-5-18/h1-5,8-9,15-16,19,21,29H,6-7,10-14,17H2/b9-8+. The highest BCUT2D eigenvalue weighted by atomic mass is 16.3. The number of carbonyl (C=O) groups is 2.